The Balaban J connectivity index is 0.000000286. The molecule has 0 amide bonds. The number of esters is 2. The van der Waals surface area contributed by atoms with Crippen molar-refractivity contribution in [1.82, 2.24) is 0 Å². The predicted molar refractivity (Wildman–Crippen MR) is 575 cm³/mol. The molecule has 10 aliphatic rings. The Hall–Kier alpha value is -4.12. The number of carbonyl (C=O) groups excluding carboxylic acids is 3. The summed E-state index contributed by atoms with van der Waals surface area (Å²) in [7, 11) is -8.74. The number of ketones is 1. The zero-order valence-corrected chi connectivity index (χ0v) is 96.4. The number of halogens is 2. The SMILES string of the molecule is C=C1C[C@H](CCC(=O)/C=C/[C@H](O[Si](C)(C)C(C)(C)C)[C@@H]2OC3CCC(CC(=O)OC)OC3[C@H](C)[C@@H]2C)OC1CC[C@H]1C[C@@H](C)C(=C)[C@@H](CC2O[C@H](C[C@H](C)CC)[C@H](C)[C@H]2CS(=O)(=O)c2ccccc2)O1.C=C1C[C@H](CCC(O)/C=C/[C@H](O[Si](C)(C)C(C)(C)C)[C@@H]2OC3CCC(CC(=O)OC)OC3[C@H](C)[C@@H]2C)OC1CC[C@H]1C[C@@H](C)C(=C)[C@@H](CC2O[C@H](C[C@H](C)CC)[C@H](C)[C@H]2CS(=O)(=O)c2ccccc2)O1.ClCCl. The van der Waals surface area contributed by atoms with Gasteiger partial charge in [0.25, 0.3) is 0 Å². The Morgan fingerprint density at radius 2 is 0.853 bits per heavy atom. The van der Waals surface area contributed by atoms with Gasteiger partial charge in [-0.25, -0.2) is 16.8 Å². The van der Waals surface area contributed by atoms with Gasteiger partial charge in [0, 0.05) is 31.1 Å². The molecule has 10 heterocycles. The summed E-state index contributed by atoms with van der Waals surface area (Å²) in [6.07, 6.45) is 20.8. The highest BCUT2D eigenvalue weighted by Crippen LogP contribution is 2.51. The van der Waals surface area contributed by atoms with Gasteiger partial charge in [0.2, 0.25) is 0 Å². The summed E-state index contributed by atoms with van der Waals surface area (Å²) in [6, 6.07) is 17.6. The van der Waals surface area contributed by atoms with Crippen LogP contribution in [0.4, 0.5) is 0 Å². The summed E-state index contributed by atoms with van der Waals surface area (Å²) in [5.74, 6) is 1.47. The fraction of sp³-hybridized carbons (Fsp3) is 0.765. The molecule has 22 nitrogen and oxygen atoms in total. The molecule has 2 aromatic carbocycles. The second-order valence-electron chi connectivity index (χ2n) is 47.5. The number of ether oxygens (including phenoxy) is 12. The van der Waals surface area contributed by atoms with E-state index in [4.69, 9.17) is 88.9 Å². The molecule has 0 aromatic heterocycles. The molecule has 28 heteroatoms. The van der Waals surface area contributed by atoms with Crippen molar-refractivity contribution in [2.45, 2.75) is 465 Å². The zero-order chi connectivity index (χ0) is 105. The lowest BCUT2D eigenvalue weighted by Crippen LogP contribution is -2.58. The summed E-state index contributed by atoms with van der Waals surface area (Å²) < 4.78 is 146. The average molecular weight is 2110 g/mol. The van der Waals surface area contributed by atoms with E-state index in [-0.39, 0.29) is 245 Å². The second-order valence-corrected chi connectivity index (χ2v) is 61.9. The first-order valence-electron chi connectivity index (χ1n) is 54.2. The number of carbonyl (C=O) groups is 3. The second kappa shape index (κ2) is 53.9. The molecule has 0 spiro atoms. The number of methoxy groups -OCH3 is 2. The Morgan fingerprint density at radius 3 is 1.23 bits per heavy atom. The Morgan fingerprint density at radius 1 is 0.476 bits per heavy atom. The maximum Gasteiger partial charge on any atom is 0.308 e. The van der Waals surface area contributed by atoms with Crippen LogP contribution in [-0.4, -0.2) is 228 Å². The molecule has 12 rings (SSSR count). The van der Waals surface area contributed by atoms with Gasteiger partial charge in [-0.05, 0) is 257 Å². The third kappa shape index (κ3) is 33.0. The largest absolute Gasteiger partial charge is 0.469 e. The van der Waals surface area contributed by atoms with Gasteiger partial charge >= 0.3 is 11.9 Å². The number of hydrogen-bond acceptors (Lipinski definition) is 22. The summed E-state index contributed by atoms with van der Waals surface area (Å²) in [6.45, 7) is 66.7. The lowest BCUT2D eigenvalue weighted by molar-refractivity contribution is -0.238. The number of sulfone groups is 2. The third-order valence-corrected chi connectivity index (χ3v) is 47.7. The molecule has 10 saturated heterocycles. The van der Waals surface area contributed by atoms with Crippen molar-refractivity contribution in [1.29, 1.82) is 0 Å². The molecule has 0 radical (unpaired) electrons. The molecule has 0 bridgehead atoms. The lowest BCUT2D eigenvalue weighted by atomic mass is 9.77. The van der Waals surface area contributed by atoms with Crippen LogP contribution in [0, 0.1) is 71.0 Å². The van der Waals surface area contributed by atoms with E-state index in [0.29, 0.717) is 60.2 Å². The van der Waals surface area contributed by atoms with Gasteiger partial charge in [0.1, 0.15) is 0 Å². The topological polar surface area (TPSA) is 269 Å². The van der Waals surface area contributed by atoms with Crippen LogP contribution >= 0.6 is 23.2 Å². The molecule has 35 atom stereocenters. The average Bonchev–Trinajstić information content (AvgIpc) is 1.75. The van der Waals surface area contributed by atoms with Gasteiger partial charge in [-0.1, -0.05) is 218 Å². The summed E-state index contributed by atoms with van der Waals surface area (Å²) in [5.41, 5.74) is 4.26. The highest BCUT2D eigenvalue weighted by molar-refractivity contribution is 7.91. The van der Waals surface area contributed by atoms with E-state index in [1.165, 1.54) is 14.2 Å². The van der Waals surface area contributed by atoms with E-state index in [1.54, 1.807) is 54.6 Å². The Kier molecular flexibility index (Phi) is 45.5. The monoisotopic (exact) mass is 2110 g/mol. The number of hydrogen-bond donors (Lipinski definition) is 1. The van der Waals surface area contributed by atoms with E-state index >= 15 is 0 Å². The molecule has 10 fully saturated rings. The minimum Gasteiger partial charge on any atom is -0.469 e. The van der Waals surface area contributed by atoms with Crippen molar-refractivity contribution in [3.05, 3.63) is 134 Å². The molecular weight excluding hydrogens is 1920 g/mol. The first-order chi connectivity index (χ1) is 67.2. The highest BCUT2D eigenvalue weighted by atomic mass is 35.5. The predicted octanol–water partition coefficient (Wildman–Crippen LogP) is 24.4. The van der Waals surface area contributed by atoms with Crippen molar-refractivity contribution in [3.8, 4) is 0 Å². The van der Waals surface area contributed by atoms with Gasteiger partial charge in [-0.15, -0.1) is 23.2 Å². The van der Waals surface area contributed by atoms with Gasteiger partial charge in [-0.3, -0.25) is 14.4 Å². The van der Waals surface area contributed by atoms with Crippen LogP contribution in [0.5, 0.6) is 0 Å². The van der Waals surface area contributed by atoms with E-state index < -0.39 is 48.5 Å². The molecule has 1 N–H and O–H groups in total. The standard InChI is InChI=1S/C57H92O11SSi.C57H90O11SSi.CH2Cl2/c2*1-15-35(2)29-51-41(8)47(34-69(60,61)46-19-17-16-18-20-46)53(66-51)33-52-38(5)36(3)30-44(64-52)24-27-48-37(4)31-43(63-48)23-21-42(58)22-26-50(68-70(13,14)57(9,10)11)56-40(7)39(6)55-49(67-56)28-25-45(65-55)32-54(59)62-12;2-1-3/h16-20,22,26,35-36,39-45,47-53,55-56,58H,4-5,15,21,23-25,27-34H2,1-3,6-14H3;16-20,22,26,35-36,39-41,43-45,47-53,55-56H,4-5,15,21,23-25,27-34H2,1-3,6-14H3;1H2/b2*26-22+;/t35-,36-,39-,40+,41-,42?,43+,44+,45?,47-,48?,49?,50+,51-,52-,53?,55?,56-;35-,36-,39-,40+,41-,43+,44+,45?,47-,48?,49?,50+,51-,52-,53?,55?,56-;/m11./s1. The molecule has 810 valence electrons. The number of rotatable bonds is 42. The van der Waals surface area contributed by atoms with E-state index in [0.717, 1.165) is 125 Å². The molecule has 10 aliphatic heterocycles. The van der Waals surface area contributed by atoms with Crippen LogP contribution in [0.2, 0.25) is 36.3 Å². The maximum atomic E-state index is 13.8. The fourth-order valence-electron chi connectivity index (χ4n) is 22.8. The Labute approximate surface area is 874 Å². The van der Waals surface area contributed by atoms with E-state index in [9.17, 15) is 36.3 Å². The van der Waals surface area contributed by atoms with Crippen LogP contribution in [-0.2, 0) is 99.8 Å². The van der Waals surface area contributed by atoms with Gasteiger partial charge < -0.3 is 70.8 Å². The first-order valence-corrected chi connectivity index (χ1v) is 64.4. The van der Waals surface area contributed by atoms with Crippen LogP contribution in [0.1, 0.15) is 279 Å². The smallest absolute Gasteiger partial charge is 0.308 e. The third-order valence-electron chi connectivity index (χ3n) is 35.1. The quantitative estimate of drug-likeness (QED) is 0.0213. The maximum absolute atomic E-state index is 13.8. The molecule has 143 heavy (non-hydrogen) atoms. The summed E-state index contributed by atoms with van der Waals surface area (Å²) >= 11 is 9.53. The van der Waals surface area contributed by atoms with Crippen molar-refractivity contribution in [3.63, 3.8) is 0 Å². The number of fused-ring (bicyclic) bond motifs is 2. The normalized spacial score (nSPS) is 34.8. The fourth-order valence-corrected chi connectivity index (χ4v) is 28.8. The highest BCUT2D eigenvalue weighted by Gasteiger charge is 2.55. The van der Waals surface area contributed by atoms with Crippen molar-refractivity contribution in [2.75, 3.05) is 31.1 Å². The molecule has 0 saturated carbocycles. The number of alkyl halides is 2. The zero-order valence-electron chi connectivity index (χ0n) is 91.3. The van der Waals surface area contributed by atoms with Gasteiger partial charge in [0.15, 0.2) is 42.1 Å². The first kappa shape index (κ1) is 121. The number of aliphatic hydroxyl groups excluding tert-OH is 1. The molecule has 0 aliphatic carbocycles. The van der Waals surface area contributed by atoms with Crippen molar-refractivity contribution in [2.24, 2.45) is 71.0 Å². The van der Waals surface area contributed by atoms with Crippen molar-refractivity contribution < 1.29 is 102 Å². The van der Waals surface area contributed by atoms with Crippen molar-refractivity contribution >= 4 is 77.2 Å². The molecular formula is C115H184Cl2O22S2Si2. The molecule has 11 unspecified atom stereocenters. The minimum absolute atomic E-state index is 0.00364. The summed E-state index contributed by atoms with van der Waals surface area (Å²) in [5, 5.41) is 11.6. The van der Waals surface area contributed by atoms with Crippen LogP contribution < -0.4 is 0 Å². The van der Waals surface area contributed by atoms with Crippen LogP contribution in [0.25, 0.3) is 0 Å². The van der Waals surface area contributed by atoms with Crippen LogP contribution in [0.15, 0.2) is 143 Å². The Bertz CT molecular complexity index is 4690. The van der Waals surface area contributed by atoms with Crippen LogP contribution in [0.3, 0.4) is 0 Å². The van der Waals surface area contributed by atoms with Gasteiger partial charge in [0.05, 0.1) is 194 Å². The molecule has 2 aromatic rings. The lowest BCUT2D eigenvalue weighted by Gasteiger charge is -2.51. The van der Waals surface area contributed by atoms with Gasteiger partial charge in [-0.2, -0.15) is 0 Å². The number of allylic oxidation sites excluding steroid dienone is 1. The van der Waals surface area contributed by atoms with E-state index in [2.05, 4.69) is 177 Å². The number of benzene rings is 2. The summed E-state index contributed by atoms with van der Waals surface area (Å²) in [4.78, 5) is 38.5. The number of aliphatic hydroxyl groups is 1. The van der Waals surface area contributed by atoms with E-state index in [1.807, 2.05) is 30.4 Å². The minimum atomic E-state index is -3.52.